The summed E-state index contributed by atoms with van der Waals surface area (Å²) in [5, 5.41) is 17.6. The number of anilines is 1. The number of carbonyl (C=O) groups excluding carboxylic acids is 1. The average Bonchev–Trinajstić information content (AvgIpc) is 3.31. The van der Waals surface area contributed by atoms with Gasteiger partial charge in [0.25, 0.3) is 11.6 Å². The van der Waals surface area contributed by atoms with Crippen molar-refractivity contribution in [3.05, 3.63) is 99.9 Å². The highest BCUT2D eigenvalue weighted by Gasteiger charge is 2.22. The van der Waals surface area contributed by atoms with Crippen molar-refractivity contribution in [3.8, 4) is 0 Å². The van der Waals surface area contributed by atoms with E-state index in [0.717, 1.165) is 22.2 Å². The van der Waals surface area contributed by atoms with E-state index in [4.69, 9.17) is 4.74 Å². The summed E-state index contributed by atoms with van der Waals surface area (Å²) in [6.45, 7) is 0.813. The smallest absolute Gasteiger partial charge is 0.293 e. The predicted molar refractivity (Wildman–Crippen MR) is 125 cm³/mol. The molecule has 3 aromatic carbocycles. The van der Waals surface area contributed by atoms with Crippen LogP contribution in [-0.2, 0) is 4.74 Å². The summed E-state index contributed by atoms with van der Waals surface area (Å²) in [4.78, 5) is 31.6. The zero-order valence-corrected chi connectivity index (χ0v) is 17.9. The Labute approximate surface area is 190 Å². The number of H-pyrrole nitrogens is 1. The van der Waals surface area contributed by atoms with Crippen LogP contribution < -0.4 is 10.6 Å². The Bertz CT molecular complexity index is 1270. The number of amides is 1. The summed E-state index contributed by atoms with van der Waals surface area (Å²) < 4.78 is 4.97. The Morgan fingerprint density at radius 3 is 2.70 bits per heavy atom. The van der Waals surface area contributed by atoms with E-state index in [-0.39, 0.29) is 11.3 Å². The van der Waals surface area contributed by atoms with E-state index in [1.165, 1.54) is 12.1 Å². The number of nitro groups is 1. The second kappa shape index (κ2) is 9.92. The van der Waals surface area contributed by atoms with Crippen molar-refractivity contribution in [3.63, 3.8) is 0 Å². The molecule has 0 saturated heterocycles. The van der Waals surface area contributed by atoms with Crippen molar-refractivity contribution in [1.82, 2.24) is 15.3 Å². The molecule has 9 nitrogen and oxygen atoms in total. The van der Waals surface area contributed by atoms with Gasteiger partial charge in [0.2, 0.25) is 0 Å². The SMILES string of the molecule is COCCNc1ccc(C(=O)NC(c2ccccc2)c2ccc3nc[nH]c3c2)cc1[N+](=O)[O-]. The number of aromatic nitrogens is 2. The van der Waals surface area contributed by atoms with E-state index >= 15 is 0 Å². The van der Waals surface area contributed by atoms with Gasteiger partial charge < -0.3 is 20.4 Å². The summed E-state index contributed by atoms with van der Waals surface area (Å²) in [5.41, 5.74) is 3.78. The van der Waals surface area contributed by atoms with Crippen LogP contribution in [0.5, 0.6) is 0 Å². The first-order valence-corrected chi connectivity index (χ1v) is 10.4. The van der Waals surface area contributed by atoms with Crippen LogP contribution in [0.1, 0.15) is 27.5 Å². The van der Waals surface area contributed by atoms with Gasteiger partial charge in [-0.25, -0.2) is 4.98 Å². The molecule has 0 saturated carbocycles. The maximum atomic E-state index is 13.2. The lowest BCUT2D eigenvalue weighted by atomic mass is 9.97. The first kappa shape index (κ1) is 22.0. The number of ether oxygens (including phenoxy) is 1. The van der Waals surface area contributed by atoms with E-state index in [2.05, 4.69) is 20.6 Å². The van der Waals surface area contributed by atoms with Gasteiger partial charge in [-0.2, -0.15) is 0 Å². The number of carbonyl (C=O) groups is 1. The van der Waals surface area contributed by atoms with Crippen molar-refractivity contribution >= 4 is 28.3 Å². The minimum Gasteiger partial charge on any atom is -0.383 e. The topological polar surface area (TPSA) is 122 Å². The van der Waals surface area contributed by atoms with Gasteiger partial charge in [-0.1, -0.05) is 36.4 Å². The van der Waals surface area contributed by atoms with Crippen molar-refractivity contribution in [2.24, 2.45) is 0 Å². The molecular weight excluding hydrogens is 422 g/mol. The van der Waals surface area contributed by atoms with Crippen LogP contribution in [0.15, 0.2) is 73.1 Å². The maximum absolute atomic E-state index is 13.2. The fourth-order valence-electron chi connectivity index (χ4n) is 3.61. The largest absolute Gasteiger partial charge is 0.383 e. The fraction of sp³-hybridized carbons (Fsp3) is 0.167. The van der Waals surface area contributed by atoms with Gasteiger partial charge in [0.1, 0.15) is 5.69 Å². The van der Waals surface area contributed by atoms with E-state index in [1.807, 2.05) is 48.5 Å². The second-order valence-corrected chi connectivity index (χ2v) is 7.40. The Hall–Kier alpha value is -4.24. The van der Waals surface area contributed by atoms with Gasteiger partial charge in [0, 0.05) is 25.3 Å². The van der Waals surface area contributed by atoms with E-state index in [1.54, 1.807) is 19.5 Å². The molecule has 1 heterocycles. The molecule has 4 aromatic rings. The van der Waals surface area contributed by atoms with Crippen molar-refractivity contribution in [2.45, 2.75) is 6.04 Å². The lowest BCUT2D eigenvalue weighted by Crippen LogP contribution is -2.29. The first-order chi connectivity index (χ1) is 16.1. The molecular formula is C24H23N5O4. The molecule has 1 amide bonds. The zero-order chi connectivity index (χ0) is 23.2. The Morgan fingerprint density at radius 1 is 1.12 bits per heavy atom. The molecule has 0 aliphatic heterocycles. The molecule has 4 rings (SSSR count). The number of nitro benzene ring substituents is 1. The molecule has 0 aliphatic carbocycles. The number of hydrogen-bond acceptors (Lipinski definition) is 6. The monoisotopic (exact) mass is 445 g/mol. The van der Waals surface area contributed by atoms with Crippen LogP contribution in [0, 0.1) is 10.1 Å². The number of imidazole rings is 1. The first-order valence-electron chi connectivity index (χ1n) is 10.4. The van der Waals surface area contributed by atoms with Crippen LogP contribution in [0.25, 0.3) is 11.0 Å². The van der Waals surface area contributed by atoms with Crippen LogP contribution in [-0.4, -0.2) is 41.1 Å². The summed E-state index contributed by atoms with van der Waals surface area (Å²) in [5.74, 6) is -0.417. The highest BCUT2D eigenvalue weighted by Crippen LogP contribution is 2.28. The summed E-state index contributed by atoms with van der Waals surface area (Å²) in [7, 11) is 1.55. The average molecular weight is 445 g/mol. The Morgan fingerprint density at radius 2 is 1.94 bits per heavy atom. The second-order valence-electron chi connectivity index (χ2n) is 7.40. The highest BCUT2D eigenvalue weighted by molar-refractivity contribution is 5.96. The Balaban J connectivity index is 1.64. The molecule has 9 heteroatoms. The Kier molecular flexibility index (Phi) is 6.61. The molecule has 0 radical (unpaired) electrons. The molecule has 0 spiro atoms. The van der Waals surface area contributed by atoms with E-state index < -0.39 is 16.9 Å². The number of nitrogens with zero attached hydrogens (tertiary/aromatic N) is 2. The van der Waals surface area contributed by atoms with Crippen molar-refractivity contribution in [1.29, 1.82) is 0 Å². The normalized spacial score (nSPS) is 11.8. The van der Waals surface area contributed by atoms with Gasteiger partial charge in [-0.05, 0) is 35.4 Å². The van der Waals surface area contributed by atoms with Crippen LogP contribution in [0.2, 0.25) is 0 Å². The molecule has 3 N–H and O–H groups in total. The molecule has 1 unspecified atom stereocenters. The van der Waals surface area contributed by atoms with Gasteiger partial charge >= 0.3 is 0 Å². The van der Waals surface area contributed by atoms with E-state index in [0.29, 0.717) is 18.8 Å². The molecule has 33 heavy (non-hydrogen) atoms. The number of rotatable bonds is 9. The van der Waals surface area contributed by atoms with Crippen LogP contribution in [0.3, 0.4) is 0 Å². The van der Waals surface area contributed by atoms with Crippen molar-refractivity contribution < 1.29 is 14.5 Å². The number of fused-ring (bicyclic) bond motifs is 1. The number of methoxy groups -OCH3 is 1. The molecule has 0 fully saturated rings. The lowest BCUT2D eigenvalue weighted by molar-refractivity contribution is -0.384. The fourth-order valence-corrected chi connectivity index (χ4v) is 3.61. The predicted octanol–water partition coefficient (Wildman–Crippen LogP) is 4.05. The maximum Gasteiger partial charge on any atom is 0.293 e. The lowest BCUT2D eigenvalue weighted by Gasteiger charge is -2.20. The molecule has 0 aliphatic rings. The number of aromatic amines is 1. The van der Waals surface area contributed by atoms with Gasteiger partial charge in [0.05, 0.1) is 34.9 Å². The minimum absolute atomic E-state index is 0.172. The van der Waals surface area contributed by atoms with Crippen LogP contribution >= 0.6 is 0 Å². The minimum atomic E-state index is -0.507. The summed E-state index contributed by atoms with van der Waals surface area (Å²) in [6.07, 6.45) is 1.62. The number of hydrogen-bond donors (Lipinski definition) is 3. The molecule has 1 atom stereocenters. The zero-order valence-electron chi connectivity index (χ0n) is 17.9. The molecule has 0 bridgehead atoms. The summed E-state index contributed by atoms with van der Waals surface area (Å²) in [6, 6.07) is 19.2. The van der Waals surface area contributed by atoms with Gasteiger partial charge in [-0.3, -0.25) is 14.9 Å². The summed E-state index contributed by atoms with van der Waals surface area (Å²) >= 11 is 0. The third kappa shape index (κ3) is 4.99. The third-order valence-corrected chi connectivity index (χ3v) is 5.26. The highest BCUT2D eigenvalue weighted by atomic mass is 16.6. The third-order valence-electron chi connectivity index (χ3n) is 5.26. The number of benzene rings is 3. The van der Waals surface area contributed by atoms with Gasteiger partial charge in [0.15, 0.2) is 0 Å². The standard InChI is InChI=1S/C24H23N5O4/c1-33-12-11-25-20-10-8-18(14-22(20)29(31)32)24(30)28-23(16-5-3-2-4-6-16)17-7-9-19-21(13-17)27-15-26-19/h2-10,13-15,23,25H,11-12H2,1H3,(H,26,27)(H,28,30). The molecule has 168 valence electrons. The van der Waals surface area contributed by atoms with Gasteiger partial charge in [-0.15, -0.1) is 0 Å². The number of nitrogens with one attached hydrogen (secondary N) is 3. The quantitative estimate of drug-likeness (QED) is 0.203. The molecule has 1 aromatic heterocycles. The van der Waals surface area contributed by atoms with Crippen molar-refractivity contribution in [2.75, 3.05) is 25.6 Å². The van der Waals surface area contributed by atoms with Crippen LogP contribution in [0.4, 0.5) is 11.4 Å². The van der Waals surface area contributed by atoms with E-state index in [9.17, 15) is 14.9 Å².